The molecule has 8 aliphatic heterocycles. The molecule has 0 bridgehead atoms. The van der Waals surface area contributed by atoms with E-state index in [9.17, 15) is 143 Å². The molecule has 0 aromatic heterocycles. The van der Waals surface area contributed by atoms with Crippen LogP contribution in [0.25, 0.3) is 0 Å². The first kappa shape index (κ1) is 113. The second kappa shape index (κ2) is 47.3. The summed E-state index contributed by atoms with van der Waals surface area (Å²) in [6, 6.07) is 0. The highest BCUT2D eigenvalue weighted by atomic mass is 16.8. The second-order valence-electron chi connectivity index (χ2n) is 46.0. The lowest BCUT2D eigenvalue weighted by atomic mass is 9.44. The molecule has 8 saturated carbocycles. The van der Waals surface area contributed by atoms with Crippen LogP contribution >= 0.6 is 0 Å². The summed E-state index contributed by atoms with van der Waals surface area (Å²) in [5.41, 5.74) is -1.27. The second-order valence-corrected chi connectivity index (χ2v) is 46.0. The van der Waals surface area contributed by atoms with Crippen molar-refractivity contribution in [1.82, 2.24) is 0 Å². The molecule has 59 atom stereocenters. The standard InChI is InChI=1S/C98H166O44/c1-40(46-14-15-48-47(46)16-17-52-49(48)12-10-42-28-44(20-25-95(42,52)3)129-89-81(125)73(117)85(61(36-105)137-89)141-93-77(121)69(113)65(109)57(32-101)133-93)8-6-23-98(38-127-87-79(123)71(115)83(59(34-103)135-87)139-91-75(119)67(111)63(107)55(30-99)131-91,39-128-88-80(124)72(116)84(60(35-104)136-88)140-92-76(120)68(112)64(108)56(31-100)132-92)24-7-9-41(2)51-18-19-53-50-13-11-43-29-45(21-26-96(43,4)54(50)22-27-97(51,53)5)130-90-82(126)74(118)86(62(37-106)138-90)142-94-78(122)70(114)66(110)58(33-102)134-94/h40-94,99-126H,6-39H2,1-5H3/t40?,41?,42?,43?,44?,45?,46?,47?,48?,49?,50?,51?,52?,53?,54?,55?,56?,57?,58?,59?,60?,61?,62?,63?,64?,65?,66?,67-,68?,69?,70?,71?,72?,73?,74?,75?,76?,77?,78?,79?,80?,81?,82?,83-,84?,85?,86?,87?,88+,89-,90+,91?,92+,93-,94+,95?,96?,97?,98?/m1/s1. The maximum absolute atomic E-state index is 12.2. The van der Waals surface area contributed by atoms with Crippen LogP contribution in [0.3, 0.4) is 0 Å². The molecular weight excluding hydrogens is 1880 g/mol. The lowest BCUT2D eigenvalue weighted by Gasteiger charge is -2.61. The van der Waals surface area contributed by atoms with Crippen molar-refractivity contribution in [2.24, 2.45) is 98.6 Å². The van der Waals surface area contributed by atoms with Crippen molar-refractivity contribution in [2.75, 3.05) is 66.1 Å². The Morgan fingerprint density at radius 1 is 0.268 bits per heavy atom. The van der Waals surface area contributed by atoms with Crippen LogP contribution in [0.1, 0.15) is 189 Å². The zero-order chi connectivity index (χ0) is 102. The molecule has 0 aromatic carbocycles. The van der Waals surface area contributed by atoms with Gasteiger partial charge in [0.05, 0.1) is 78.3 Å². The van der Waals surface area contributed by atoms with Gasteiger partial charge < -0.3 is 219 Å². The van der Waals surface area contributed by atoms with Crippen molar-refractivity contribution in [3.05, 3.63) is 0 Å². The van der Waals surface area contributed by atoms with E-state index >= 15 is 0 Å². The first-order chi connectivity index (χ1) is 67.7. The summed E-state index contributed by atoms with van der Waals surface area (Å²) >= 11 is 0. The third-order valence-electron chi connectivity index (χ3n) is 38.4. The number of aliphatic hydroxyl groups is 28. The highest BCUT2D eigenvalue weighted by Crippen LogP contribution is 2.70. The van der Waals surface area contributed by atoms with E-state index in [1.807, 2.05) is 0 Å². The number of hydrogen-bond donors (Lipinski definition) is 28. The lowest BCUT2D eigenvalue weighted by molar-refractivity contribution is -0.365. The highest BCUT2D eigenvalue weighted by molar-refractivity contribution is 5.13. The van der Waals surface area contributed by atoms with Gasteiger partial charge in [-0.25, -0.2) is 0 Å². The van der Waals surface area contributed by atoms with Crippen LogP contribution in [0.5, 0.6) is 0 Å². The van der Waals surface area contributed by atoms with Gasteiger partial charge in [-0.05, 0) is 222 Å². The third-order valence-corrected chi connectivity index (χ3v) is 38.4. The molecule has 0 radical (unpaired) electrons. The smallest absolute Gasteiger partial charge is 0.187 e. The maximum atomic E-state index is 12.2. The molecule has 0 aromatic rings. The predicted molar refractivity (Wildman–Crippen MR) is 482 cm³/mol. The predicted octanol–water partition coefficient (Wildman–Crippen LogP) is -6.19. The van der Waals surface area contributed by atoms with Gasteiger partial charge in [0.25, 0.3) is 0 Å². The van der Waals surface area contributed by atoms with Gasteiger partial charge in [-0.15, -0.1) is 0 Å². The minimum atomic E-state index is -1.95. The van der Waals surface area contributed by atoms with Gasteiger partial charge in [0.15, 0.2) is 50.3 Å². The molecule has 28 N–H and O–H groups in total. The summed E-state index contributed by atoms with van der Waals surface area (Å²) in [7, 11) is 0. The summed E-state index contributed by atoms with van der Waals surface area (Å²) in [5.74, 6) is 4.54. The fourth-order valence-electron chi connectivity index (χ4n) is 30.2. The molecule has 16 fully saturated rings. The summed E-state index contributed by atoms with van der Waals surface area (Å²) in [4.78, 5) is 0. The highest BCUT2D eigenvalue weighted by Gasteiger charge is 2.65. The van der Waals surface area contributed by atoms with Crippen molar-refractivity contribution in [1.29, 1.82) is 0 Å². The van der Waals surface area contributed by atoms with E-state index in [1.165, 1.54) is 0 Å². The average molecular weight is 2050 g/mol. The van der Waals surface area contributed by atoms with E-state index in [4.69, 9.17) is 75.8 Å². The van der Waals surface area contributed by atoms with Gasteiger partial charge in [-0.2, -0.15) is 0 Å². The van der Waals surface area contributed by atoms with Crippen LogP contribution in [0, 0.1) is 98.6 Å². The molecule has 16 rings (SSSR count). The largest absolute Gasteiger partial charge is 0.394 e. The maximum Gasteiger partial charge on any atom is 0.187 e. The lowest BCUT2D eigenvalue weighted by Crippen LogP contribution is -2.65. The molecule has 8 heterocycles. The van der Waals surface area contributed by atoms with E-state index in [0.717, 1.165) is 96.3 Å². The molecule has 0 amide bonds. The number of rotatable bonds is 36. The van der Waals surface area contributed by atoms with Crippen LogP contribution in [0.2, 0.25) is 0 Å². The van der Waals surface area contributed by atoms with Gasteiger partial charge >= 0.3 is 0 Å². The SMILES string of the molecule is CC(CCCC(CCCC(C)C1CCC2C3CCC4CC(O[C@H]5OC(CO)C(O[C@@H]6OC(CO)C(O)C(O)C6O)C(O)C5O)CCC4(C)C3CCC12C)(COC1OC(CO)[C@@H](OC2OC(CO)C(O)[C@@H](O)C2O)C(O)C1O)CO[C@H]1OC(CO)C(O[C@@H]2OC(CO)C(O)C(O)C2O)C(O)C1O)C1CCC2C1CCC1C2CCC2CC(O[C@@H]3OC(CO)C(O[C@H]4OC(CO)C(O)C(O)C4O)C(O)C3O)CCC21C. The first-order valence-electron chi connectivity index (χ1n) is 52.6. The fourth-order valence-corrected chi connectivity index (χ4v) is 30.2. The Kier molecular flexibility index (Phi) is 37.6. The quantitative estimate of drug-likeness (QED) is 0.0260. The number of fused-ring (bicyclic) bond motifs is 10. The Balaban J connectivity index is 0.606. The fraction of sp³-hybridized carbons (Fsp3) is 1.00. The van der Waals surface area contributed by atoms with Gasteiger partial charge in [0, 0.05) is 5.41 Å². The molecule has 822 valence electrons. The van der Waals surface area contributed by atoms with E-state index in [2.05, 4.69) is 34.6 Å². The van der Waals surface area contributed by atoms with E-state index < -0.39 is 304 Å². The summed E-state index contributed by atoms with van der Waals surface area (Å²) in [5, 5.41) is 306. The molecule has 44 heteroatoms. The van der Waals surface area contributed by atoms with Gasteiger partial charge in [0.2, 0.25) is 0 Å². The molecule has 8 aliphatic carbocycles. The van der Waals surface area contributed by atoms with E-state index in [-0.39, 0.29) is 65.3 Å². The van der Waals surface area contributed by atoms with Crippen LogP contribution in [-0.4, -0.2) is 467 Å². The normalized spacial score (nSPS) is 52.9. The topological polar surface area (TPSA) is 714 Å². The minimum Gasteiger partial charge on any atom is -0.394 e. The zero-order valence-electron chi connectivity index (χ0n) is 81.8. The third kappa shape index (κ3) is 22.1. The number of ether oxygens (including phenoxy) is 16. The average Bonchev–Trinajstić information content (AvgIpc) is 1.47. The Bertz CT molecular complexity index is 3810. The van der Waals surface area contributed by atoms with Crippen molar-refractivity contribution >= 4 is 0 Å². The van der Waals surface area contributed by atoms with Crippen molar-refractivity contribution < 1.29 is 219 Å². The van der Waals surface area contributed by atoms with Crippen molar-refractivity contribution in [3.63, 3.8) is 0 Å². The monoisotopic (exact) mass is 2050 g/mol. The Morgan fingerprint density at radius 2 is 0.556 bits per heavy atom. The minimum absolute atomic E-state index is 0.0375. The van der Waals surface area contributed by atoms with Crippen LogP contribution in [0.15, 0.2) is 0 Å². The van der Waals surface area contributed by atoms with Gasteiger partial charge in [-0.1, -0.05) is 60.3 Å². The molecular formula is C98H166O44. The molecule has 44 nitrogen and oxygen atoms in total. The molecule has 8 saturated heterocycles. The van der Waals surface area contributed by atoms with Crippen molar-refractivity contribution in [3.8, 4) is 0 Å². The molecule has 0 spiro atoms. The summed E-state index contributed by atoms with van der Waals surface area (Å²) in [6.45, 7) is 5.15. The van der Waals surface area contributed by atoms with Gasteiger partial charge in [-0.3, -0.25) is 0 Å². The van der Waals surface area contributed by atoms with E-state index in [0.29, 0.717) is 111 Å². The molecule has 142 heavy (non-hydrogen) atoms. The van der Waals surface area contributed by atoms with Crippen molar-refractivity contribution in [2.45, 2.75) is 447 Å². The van der Waals surface area contributed by atoms with Crippen LogP contribution < -0.4 is 0 Å². The molecule has 51 unspecified atom stereocenters. The Hall–Kier alpha value is -1.76. The molecule has 16 aliphatic rings. The van der Waals surface area contributed by atoms with E-state index in [1.54, 1.807) is 0 Å². The first-order valence-corrected chi connectivity index (χ1v) is 52.6. The summed E-state index contributed by atoms with van der Waals surface area (Å²) in [6.07, 6.45) is -48.0. The Morgan fingerprint density at radius 3 is 0.930 bits per heavy atom. The van der Waals surface area contributed by atoms with Crippen LogP contribution in [-0.2, 0) is 75.8 Å². The van der Waals surface area contributed by atoms with Gasteiger partial charge in [0.1, 0.15) is 195 Å². The van der Waals surface area contributed by atoms with Crippen LogP contribution in [0.4, 0.5) is 0 Å². The summed E-state index contributed by atoms with van der Waals surface area (Å²) < 4.78 is 97.4. The number of hydrogen-bond acceptors (Lipinski definition) is 44. The number of aliphatic hydroxyl groups excluding tert-OH is 28. The Labute approximate surface area is 826 Å². The zero-order valence-corrected chi connectivity index (χ0v) is 81.8.